The molecule has 0 unspecified atom stereocenters. The first kappa shape index (κ1) is 18.5. The molecular formula is C20H26N6O3. The van der Waals surface area contributed by atoms with Crippen molar-refractivity contribution in [2.24, 2.45) is 5.41 Å². The van der Waals surface area contributed by atoms with Crippen LogP contribution in [-0.4, -0.2) is 80.5 Å². The summed E-state index contributed by atoms with van der Waals surface area (Å²) >= 11 is 0. The van der Waals surface area contributed by atoms with Crippen LogP contribution in [0.2, 0.25) is 0 Å². The number of carbonyl (C=O) groups is 2. The summed E-state index contributed by atoms with van der Waals surface area (Å²) in [6.45, 7) is 3.76. The fourth-order valence-corrected chi connectivity index (χ4v) is 4.95. The average Bonchev–Trinajstić information content (AvgIpc) is 3.42. The van der Waals surface area contributed by atoms with E-state index in [4.69, 9.17) is 4.74 Å². The molecule has 0 radical (unpaired) electrons. The molecule has 0 saturated carbocycles. The van der Waals surface area contributed by atoms with Crippen LogP contribution >= 0.6 is 0 Å². The molecule has 154 valence electrons. The number of carbonyl (C=O) groups excluding carboxylic acids is 2. The maximum absolute atomic E-state index is 12.9. The Morgan fingerprint density at radius 1 is 1.24 bits per heavy atom. The van der Waals surface area contributed by atoms with Crippen molar-refractivity contribution in [1.82, 2.24) is 29.8 Å². The van der Waals surface area contributed by atoms with Gasteiger partial charge in [0.15, 0.2) is 5.65 Å². The van der Waals surface area contributed by atoms with Crippen molar-refractivity contribution in [3.63, 3.8) is 0 Å². The highest BCUT2D eigenvalue weighted by Gasteiger charge is 2.42. The molecule has 3 fully saturated rings. The Morgan fingerprint density at radius 3 is 2.90 bits per heavy atom. The van der Waals surface area contributed by atoms with Crippen molar-refractivity contribution >= 4 is 17.5 Å². The number of fused-ring (bicyclic) bond motifs is 1. The predicted octanol–water partition coefficient (Wildman–Crippen LogP) is 1.15. The summed E-state index contributed by atoms with van der Waals surface area (Å²) in [5.74, 6) is 0.264. The Bertz CT molecular complexity index is 914. The molecule has 5 rings (SSSR count). The molecule has 1 spiro atoms. The van der Waals surface area contributed by atoms with E-state index in [1.54, 1.807) is 18.3 Å². The average molecular weight is 398 g/mol. The molecular weight excluding hydrogens is 372 g/mol. The molecule has 3 saturated heterocycles. The molecule has 0 aliphatic carbocycles. The maximum Gasteiger partial charge on any atom is 0.255 e. The molecule has 2 aromatic heterocycles. The van der Waals surface area contributed by atoms with Crippen LogP contribution in [0.1, 0.15) is 48.9 Å². The van der Waals surface area contributed by atoms with Crippen LogP contribution in [0.25, 0.3) is 5.65 Å². The van der Waals surface area contributed by atoms with Gasteiger partial charge >= 0.3 is 0 Å². The molecule has 0 N–H and O–H groups in total. The topological polar surface area (TPSA) is 92.9 Å². The van der Waals surface area contributed by atoms with E-state index in [1.165, 1.54) is 4.52 Å². The Morgan fingerprint density at radius 2 is 2.10 bits per heavy atom. The summed E-state index contributed by atoms with van der Waals surface area (Å²) in [5.41, 5.74) is 1.35. The number of tetrazole rings is 1. The van der Waals surface area contributed by atoms with Crippen LogP contribution in [0.15, 0.2) is 18.3 Å². The number of ether oxygens (including phenoxy) is 1. The van der Waals surface area contributed by atoms with E-state index in [0.29, 0.717) is 30.7 Å². The molecule has 9 heteroatoms. The second-order valence-corrected chi connectivity index (χ2v) is 8.60. The van der Waals surface area contributed by atoms with Gasteiger partial charge in [0.2, 0.25) is 5.91 Å². The van der Waals surface area contributed by atoms with Crippen LogP contribution < -0.4 is 0 Å². The molecule has 0 aromatic carbocycles. The lowest BCUT2D eigenvalue weighted by Crippen LogP contribution is -2.53. The van der Waals surface area contributed by atoms with Gasteiger partial charge in [-0.25, -0.2) is 0 Å². The van der Waals surface area contributed by atoms with Gasteiger partial charge in [-0.3, -0.25) is 9.59 Å². The standard InChI is InChI=1S/C20H26N6O3/c27-18-5-6-20(14-25(18)13-16-2-1-11-29-16)7-9-24(10-8-20)19(28)15-3-4-17-21-22-23-26(17)12-15/h3-4,12,16H,1-2,5-11,13-14H2/t16-/m0/s1. The SMILES string of the molecule is O=C1CCC2(CCN(C(=O)c3ccc4nnnn4c3)CC2)CN1C[C@@H]1CCCO1. The highest BCUT2D eigenvalue weighted by molar-refractivity contribution is 5.94. The van der Waals surface area contributed by atoms with Crippen LogP contribution in [0.3, 0.4) is 0 Å². The third kappa shape index (κ3) is 3.59. The minimum Gasteiger partial charge on any atom is -0.376 e. The van der Waals surface area contributed by atoms with Crippen molar-refractivity contribution in [3.8, 4) is 0 Å². The molecule has 2 amide bonds. The van der Waals surface area contributed by atoms with Gasteiger partial charge in [-0.15, -0.1) is 5.10 Å². The van der Waals surface area contributed by atoms with E-state index in [2.05, 4.69) is 15.5 Å². The summed E-state index contributed by atoms with van der Waals surface area (Å²) in [6, 6.07) is 3.54. The normalized spacial score (nSPS) is 24.6. The van der Waals surface area contributed by atoms with Crippen molar-refractivity contribution in [2.45, 2.75) is 44.6 Å². The lowest BCUT2D eigenvalue weighted by molar-refractivity contribution is -0.141. The van der Waals surface area contributed by atoms with Crippen LogP contribution in [-0.2, 0) is 9.53 Å². The Hall–Kier alpha value is -2.55. The van der Waals surface area contributed by atoms with E-state index in [0.717, 1.165) is 51.8 Å². The number of hydrogen-bond acceptors (Lipinski definition) is 6. The number of hydrogen-bond donors (Lipinski definition) is 0. The van der Waals surface area contributed by atoms with Gasteiger partial charge in [-0.1, -0.05) is 0 Å². The van der Waals surface area contributed by atoms with Crippen molar-refractivity contribution in [3.05, 3.63) is 23.9 Å². The summed E-state index contributed by atoms with van der Waals surface area (Å²) < 4.78 is 7.26. The van der Waals surface area contributed by atoms with Gasteiger partial charge in [0.05, 0.1) is 11.7 Å². The molecule has 3 aliphatic rings. The number of likely N-dealkylation sites (tertiary alicyclic amines) is 2. The number of rotatable bonds is 3. The second-order valence-electron chi connectivity index (χ2n) is 8.60. The minimum atomic E-state index is 0.0142. The fourth-order valence-electron chi connectivity index (χ4n) is 4.95. The first-order chi connectivity index (χ1) is 14.1. The van der Waals surface area contributed by atoms with E-state index in [9.17, 15) is 9.59 Å². The number of piperidine rings is 2. The first-order valence-electron chi connectivity index (χ1n) is 10.5. The highest BCUT2D eigenvalue weighted by Crippen LogP contribution is 2.40. The molecule has 3 aliphatic heterocycles. The van der Waals surface area contributed by atoms with Gasteiger partial charge in [-0.2, -0.15) is 4.52 Å². The van der Waals surface area contributed by atoms with E-state index >= 15 is 0 Å². The maximum atomic E-state index is 12.9. The highest BCUT2D eigenvalue weighted by atomic mass is 16.5. The Balaban J connectivity index is 1.23. The van der Waals surface area contributed by atoms with Crippen molar-refractivity contribution in [1.29, 1.82) is 0 Å². The smallest absolute Gasteiger partial charge is 0.255 e. The van der Waals surface area contributed by atoms with Crippen LogP contribution in [0.4, 0.5) is 0 Å². The summed E-state index contributed by atoms with van der Waals surface area (Å²) in [6.07, 6.45) is 7.41. The van der Waals surface area contributed by atoms with Crippen molar-refractivity contribution in [2.75, 3.05) is 32.8 Å². The van der Waals surface area contributed by atoms with E-state index < -0.39 is 0 Å². The van der Waals surface area contributed by atoms with Crippen LogP contribution in [0.5, 0.6) is 0 Å². The lowest BCUT2D eigenvalue weighted by Gasteiger charge is -2.47. The van der Waals surface area contributed by atoms with E-state index in [-0.39, 0.29) is 23.3 Å². The molecule has 2 aromatic rings. The minimum absolute atomic E-state index is 0.0142. The van der Waals surface area contributed by atoms with E-state index in [1.807, 2.05) is 9.80 Å². The summed E-state index contributed by atoms with van der Waals surface area (Å²) in [5, 5.41) is 11.4. The fraction of sp³-hybridized carbons (Fsp3) is 0.650. The van der Waals surface area contributed by atoms with Crippen molar-refractivity contribution < 1.29 is 14.3 Å². The largest absolute Gasteiger partial charge is 0.376 e. The zero-order valence-electron chi connectivity index (χ0n) is 16.5. The number of pyridine rings is 1. The first-order valence-corrected chi connectivity index (χ1v) is 10.5. The second kappa shape index (κ2) is 7.37. The third-order valence-electron chi connectivity index (χ3n) is 6.75. The summed E-state index contributed by atoms with van der Waals surface area (Å²) in [4.78, 5) is 29.3. The van der Waals surface area contributed by atoms with Gasteiger partial charge in [-0.05, 0) is 60.1 Å². The molecule has 29 heavy (non-hydrogen) atoms. The third-order valence-corrected chi connectivity index (χ3v) is 6.75. The number of aromatic nitrogens is 4. The van der Waals surface area contributed by atoms with Gasteiger partial charge < -0.3 is 14.5 Å². The lowest BCUT2D eigenvalue weighted by atomic mass is 9.72. The zero-order chi connectivity index (χ0) is 19.8. The Kier molecular flexibility index (Phi) is 4.69. The predicted molar refractivity (Wildman–Crippen MR) is 103 cm³/mol. The molecule has 1 atom stereocenters. The zero-order valence-corrected chi connectivity index (χ0v) is 16.5. The quantitative estimate of drug-likeness (QED) is 0.770. The van der Waals surface area contributed by atoms with Gasteiger partial charge in [0, 0.05) is 45.4 Å². The molecule has 9 nitrogen and oxygen atoms in total. The monoisotopic (exact) mass is 398 g/mol. The number of amides is 2. The van der Waals surface area contributed by atoms with Gasteiger partial charge in [0.1, 0.15) is 0 Å². The molecule has 0 bridgehead atoms. The number of nitrogens with zero attached hydrogens (tertiary/aromatic N) is 6. The molecule has 5 heterocycles. The summed E-state index contributed by atoms with van der Waals surface area (Å²) in [7, 11) is 0. The van der Waals surface area contributed by atoms with Gasteiger partial charge in [0.25, 0.3) is 5.91 Å². The Labute approximate surface area is 169 Å². The van der Waals surface area contributed by atoms with Crippen LogP contribution in [0, 0.1) is 5.41 Å².